The number of aromatic nitrogens is 2. The number of nitriles is 1. The number of aryl methyl sites for hydroxylation is 1. The van der Waals surface area contributed by atoms with E-state index in [1.54, 1.807) is 0 Å². The van der Waals surface area contributed by atoms with Crippen molar-refractivity contribution in [3.05, 3.63) is 52.8 Å². The van der Waals surface area contributed by atoms with Gasteiger partial charge in [-0.15, -0.1) is 0 Å². The summed E-state index contributed by atoms with van der Waals surface area (Å²) in [6.07, 6.45) is 7.61. The molecule has 2 heterocycles. The lowest BCUT2D eigenvalue weighted by atomic mass is 9.92. The molecule has 5 heteroatoms. The number of fused-ring (bicyclic) bond motifs is 1. The van der Waals surface area contributed by atoms with Crippen LogP contribution >= 0.6 is 0 Å². The Bertz CT molecular complexity index is 789. The first-order chi connectivity index (χ1) is 12.3. The summed E-state index contributed by atoms with van der Waals surface area (Å²) < 4.78 is 0. The van der Waals surface area contributed by atoms with Crippen LogP contribution in [0.25, 0.3) is 0 Å². The molecule has 1 N–H and O–H groups in total. The van der Waals surface area contributed by atoms with Crippen molar-refractivity contribution in [1.29, 1.82) is 5.26 Å². The van der Waals surface area contributed by atoms with Crippen molar-refractivity contribution < 1.29 is 0 Å². The molecule has 1 fully saturated rings. The Labute approximate surface area is 148 Å². The van der Waals surface area contributed by atoms with E-state index in [4.69, 9.17) is 10.2 Å². The summed E-state index contributed by atoms with van der Waals surface area (Å²) in [5.74, 6) is 0.913. The molecule has 1 aromatic carbocycles. The minimum Gasteiger partial charge on any atom is -0.341 e. The van der Waals surface area contributed by atoms with E-state index in [9.17, 15) is 0 Å². The number of anilines is 1. The summed E-state index contributed by atoms with van der Waals surface area (Å²) in [5.41, 5.74) is 4.38. The van der Waals surface area contributed by atoms with Gasteiger partial charge in [0.2, 0.25) is 5.95 Å². The highest BCUT2D eigenvalue weighted by Gasteiger charge is 2.22. The molecule has 0 saturated carbocycles. The molecule has 1 saturated heterocycles. The maximum Gasteiger partial charge on any atom is 0.225 e. The Morgan fingerprint density at radius 1 is 1.28 bits per heavy atom. The fourth-order valence-corrected chi connectivity index (χ4v) is 3.75. The van der Waals surface area contributed by atoms with E-state index in [2.05, 4.69) is 27.3 Å². The molecule has 25 heavy (non-hydrogen) atoms. The van der Waals surface area contributed by atoms with Gasteiger partial charge in [-0.25, -0.2) is 9.97 Å². The van der Waals surface area contributed by atoms with E-state index < -0.39 is 0 Å². The molecule has 0 bridgehead atoms. The van der Waals surface area contributed by atoms with Gasteiger partial charge in [-0.05, 0) is 55.4 Å². The van der Waals surface area contributed by atoms with Gasteiger partial charge in [0.05, 0.1) is 11.6 Å². The zero-order valence-electron chi connectivity index (χ0n) is 14.4. The molecule has 0 spiro atoms. The second-order valence-corrected chi connectivity index (χ2v) is 6.97. The predicted octanol–water partition coefficient (Wildman–Crippen LogP) is 2.60. The van der Waals surface area contributed by atoms with Crippen molar-refractivity contribution in [2.24, 2.45) is 0 Å². The quantitative estimate of drug-likeness (QED) is 0.932. The smallest absolute Gasteiger partial charge is 0.225 e. The fraction of sp³-hybridized carbons (Fsp3) is 0.450. The van der Waals surface area contributed by atoms with E-state index in [-0.39, 0.29) is 0 Å². The SMILES string of the molecule is N#Cc1cccc(CN[C@H]2CCc3nc(N4CCCC4)ncc3C2)c1. The lowest BCUT2D eigenvalue weighted by molar-refractivity contribution is 0.452. The Morgan fingerprint density at radius 3 is 3.00 bits per heavy atom. The third-order valence-electron chi connectivity index (χ3n) is 5.18. The van der Waals surface area contributed by atoms with Crippen LogP contribution in [-0.2, 0) is 19.4 Å². The highest BCUT2D eigenvalue weighted by Crippen LogP contribution is 2.23. The Morgan fingerprint density at radius 2 is 2.16 bits per heavy atom. The first-order valence-corrected chi connectivity index (χ1v) is 9.14. The maximum absolute atomic E-state index is 9.00. The van der Waals surface area contributed by atoms with E-state index >= 15 is 0 Å². The number of nitrogens with zero attached hydrogens (tertiary/aromatic N) is 4. The van der Waals surface area contributed by atoms with Crippen LogP contribution in [0.1, 0.15) is 41.6 Å². The molecule has 1 aliphatic heterocycles. The standard InChI is InChI=1S/C20H23N5/c21-12-15-4-3-5-16(10-15)13-22-18-6-7-19-17(11-18)14-23-20(24-19)25-8-1-2-9-25/h3-5,10,14,18,22H,1-2,6-9,11,13H2/t18-/m0/s1. The zero-order valence-corrected chi connectivity index (χ0v) is 14.4. The summed E-state index contributed by atoms with van der Waals surface area (Å²) in [6, 6.07) is 10.4. The Balaban J connectivity index is 1.38. The molecule has 5 nitrogen and oxygen atoms in total. The van der Waals surface area contributed by atoms with Gasteiger partial charge in [0.1, 0.15) is 0 Å². The minimum absolute atomic E-state index is 0.444. The molecular formula is C20H23N5. The third kappa shape index (κ3) is 3.64. The number of hydrogen-bond donors (Lipinski definition) is 1. The predicted molar refractivity (Wildman–Crippen MR) is 97.3 cm³/mol. The second kappa shape index (κ2) is 7.20. The molecule has 2 aliphatic rings. The topological polar surface area (TPSA) is 64.8 Å². The number of rotatable bonds is 4. The molecule has 2 aromatic rings. The summed E-state index contributed by atoms with van der Waals surface area (Å²) in [4.78, 5) is 11.7. The van der Waals surface area contributed by atoms with Crippen molar-refractivity contribution in [3.8, 4) is 6.07 Å². The van der Waals surface area contributed by atoms with Crippen molar-refractivity contribution >= 4 is 5.95 Å². The van der Waals surface area contributed by atoms with Gasteiger partial charge in [-0.1, -0.05) is 12.1 Å². The van der Waals surface area contributed by atoms with Crippen LogP contribution in [0, 0.1) is 11.3 Å². The van der Waals surface area contributed by atoms with Gasteiger partial charge in [0.15, 0.2) is 0 Å². The number of benzene rings is 1. The summed E-state index contributed by atoms with van der Waals surface area (Å²) in [7, 11) is 0. The molecule has 0 amide bonds. The van der Waals surface area contributed by atoms with Gasteiger partial charge in [-0.2, -0.15) is 5.26 Å². The van der Waals surface area contributed by atoms with Crippen LogP contribution in [-0.4, -0.2) is 29.1 Å². The number of hydrogen-bond acceptors (Lipinski definition) is 5. The molecule has 1 aromatic heterocycles. The zero-order chi connectivity index (χ0) is 17.1. The van der Waals surface area contributed by atoms with Gasteiger partial charge >= 0.3 is 0 Å². The molecule has 128 valence electrons. The molecule has 1 atom stereocenters. The van der Waals surface area contributed by atoms with Gasteiger partial charge in [0, 0.05) is 37.6 Å². The molecular weight excluding hydrogens is 310 g/mol. The van der Waals surface area contributed by atoms with E-state index in [1.807, 2.05) is 24.4 Å². The first-order valence-electron chi connectivity index (χ1n) is 9.14. The molecule has 4 rings (SSSR count). The van der Waals surface area contributed by atoms with Crippen molar-refractivity contribution in [2.75, 3.05) is 18.0 Å². The van der Waals surface area contributed by atoms with E-state index in [0.717, 1.165) is 56.0 Å². The second-order valence-electron chi connectivity index (χ2n) is 6.97. The van der Waals surface area contributed by atoms with E-state index in [0.29, 0.717) is 6.04 Å². The lowest BCUT2D eigenvalue weighted by Crippen LogP contribution is -2.35. The van der Waals surface area contributed by atoms with Crippen LogP contribution in [0.3, 0.4) is 0 Å². The van der Waals surface area contributed by atoms with Gasteiger partial charge in [0.25, 0.3) is 0 Å². The van der Waals surface area contributed by atoms with Crippen LogP contribution in [0.5, 0.6) is 0 Å². The van der Waals surface area contributed by atoms with Crippen molar-refractivity contribution in [1.82, 2.24) is 15.3 Å². The number of nitrogens with one attached hydrogen (secondary N) is 1. The fourth-order valence-electron chi connectivity index (χ4n) is 3.75. The van der Waals surface area contributed by atoms with Crippen molar-refractivity contribution in [3.63, 3.8) is 0 Å². The third-order valence-corrected chi connectivity index (χ3v) is 5.18. The molecule has 0 radical (unpaired) electrons. The van der Waals surface area contributed by atoms with Crippen LogP contribution in [0.15, 0.2) is 30.5 Å². The summed E-state index contributed by atoms with van der Waals surface area (Å²) >= 11 is 0. The van der Waals surface area contributed by atoms with Crippen LogP contribution in [0.4, 0.5) is 5.95 Å². The Kier molecular flexibility index (Phi) is 4.62. The average Bonchev–Trinajstić information content (AvgIpc) is 3.21. The largest absolute Gasteiger partial charge is 0.341 e. The molecule has 1 aliphatic carbocycles. The van der Waals surface area contributed by atoms with Gasteiger partial charge in [-0.3, -0.25) is 0 Å². The lowest BCUT2D eigenvalue weighted by Gasteiger charge is -2.26. The maximum atomic E-state index is 9.00. The van der Waals surface area contributed by atoms with Crippen LogP contribution < -0.4 is 10.2 Å². The monoisotopic (exact) mass is 333 g/mol. The highest BCUT2D eigenvalue weighted by molar-refractivity contribution is 5.36. The van der Waals surface area contributed by atoms with Crippen LogP contribution in [0.2, 0.25) is 0 Å². The normalized spacial score (nSPS) is 19.5. The van der Waals surface area contributed by atoms with Crippen molar-refractivity contribution in [2.45, 2.75) is 44.7 Å². The highest BCUT2D eigenvalue weighted by atomic mass is 15.3. The minimum atomic E-state index is 0.444. The summed E-state index contributed by atoms with van der Waals surface area (Å²) in [6.45, 7) is 2.97. The van der Waals surface area contributed by atoms with Gasteiger partial charge < -0.3 is 10.2 Å². The molecule has 0 unspecified atom stereocenters. The first kappa shape index (κ1) is 16.0. The summed E-state index contributed by atoms with van der Waals surface area (Å²) in [5, 5.41) is 12.6. The Hall–Kier alpha value is -2.45. The average molecular weight is 333 g/mol. The van der Waals surface area contributed by atoms with E-state index in [1.165, 1.54) is 24.1 Å².